The van der Waals surface area contributed by atoms with E-state index < -0.39 is 24.5 Å². The zero-order valence-corrected chi connectivity index (χ0v) is 18.8. The van der Waals surface area contributed by atoms with Crippen molar-refractivity contribution >= 4 is 17.9 Å². The molecule has 33 heavy (non-hydrogen) atoms. The second-order valence-corrected chi connectivity index (χ2v) is 7.36. The summed E-state index contributed by atoms with van der Waals surface area (Å²) in [5.41, 5.74) is 4.25. The largest absolute Gasteiger partial charge is 0.452 e. The molecule has 1 aromatic heterocycles. The number of para-hydroxylation sites is 1. The highest BCUT2D eigenvalue weighted by atomic mass is 16.5. The lowest BCUT2D eigenvalue weighted by molar-refractivity contribution is -0.123. The number of carbonyl (C=O) groups excluding carboxylic acids is 3. The summed E-state index contributed by atoms with van der Waals surface area (Å²) < 4.78 is 11.6. The molecule has 3 amide bonds. The maximum atomic E-state index is 12.9. The highest BCUT2D eigenvalue weighted by molar-refractivity contribution is 5.99. The Hall–Kier alpha value is -3.98. The normalized spacial score (nSPS) is 10.5. The Labute approximate surface area is 191 Å². The van der Waals surface area contributed by atoms with Crippen molar-refractivity contribution in [2.75, 3.05) is 26.9 Å². The van der Waals surface area contributed by atoms with Crippen LogP contribution >= 0.6 is 0 Å². The summed E-state index contributed by atoms with van der Waals surface area (Å²) in [6, 6.07) is 14.5. The molecule has 3 aromatic rings. The summed E-state index contributed by atoms with van der Waals surface area (Å²) in [6.45, 7) is 3.86. The van der Waals surface area contributed by atoms with Gasteiger partial charge < -0.3 is 14.8 Å². The molecule has 0 saturated heterocycles. The second-order valence-electron chi connectivity index (χ2n) is 7.36. The van der Waals surface area contributed by atoms with Crippen LogP contribution in [0.5, 0.6) is 0 Å². The van der Waals surface area contributed by atoms with Crippen LogP contribution in [-0.2, 0) is 14.3 Å². The summed E-state index contributed by atoms with van der Waals surface area (Å²) in [6.07, 6.45) is 1.57. The van der Waals surface area contributed by atoms with E-state index in [1.54, 1.807) is 10.9 Å². The maximum absolute atomic E-state index is 12.9. The van der Waals surface area contributed by atoms with Gasteiger partial charge in [0.15, 0.2) is 6.61 Å². The lowest BCUT2D eigenvalue weighted by Gasteiger charge is -2.08. The smallest absolute Gasteiger partial charge is 0.342 e. The third kappa shape index (κ3) is 6.27. The number of aryl methyl sites for hydroxylation is 2. The first kappa shape index (κ1) is 23.7. The van der Waals surface area contributed by atoms with E-state index in [4.69, 9.17) is 9.47 Å². The molecule has 0 saturated carbocycles. The molecule has 2 aromatic carbocycles. The lowest BCUT2D eigenvalue weighted by atomic mass is 10.0. The molecule has 0 aliphatic carbocycles. The summed E-state index contributed by atoms with van der Waals surface area (Å²) in [7, 11) is 1.50. The quantitative estimate of drug-likeness (QED) is 0.403. The monoisotopic (exact) mass is 450 g/mol. The summed E-state index contributed by atoms with van der Waals surface area (Å²) in [4.78, 5) is 36.5. The number of carbonyl (C=O) groups is 3. The van der Waals surface area contributed by atoms with E-state index in [2.05, 4.69) is 15.7 Å². The number of methoxy groups -OCH3 is 1. The molecule has 0 unspecified atom stereocenters. The van der Waals surface area contributed by atoms with Gasteiger partial charge in [0.2, 0.25) is 0 Å². The minimum absolute atomic E-state index is 0.211. The molecule has 0 atom stereocenters. The summed E-state index contributed by atoms with van der Waals surface area (Å²) in [5.74, 6) is -1.47. The number of amides is 3. The molecule has 9 nitrogen and oxygen atoms in total. The van der Waals surface area contributed by atoms with Gasteiger partial charge in [0.05, 0.1) is 12.3 Å². The van der Waals surface area contributed by atoms with E-state index in [0.29, 0.717) is 12.3 Å². The van der Waals surface area contributed by atoms with E-state index in [1.165, 1.54) is 7.11 Å². The number of aromatic nitrogens is 2. The Morgan fingerprint density at radius 2 is 1.82 bits per heavy atom. The molecule has 9 heteroatoms. The summed E-state index contributed by atoms with van der Waals surface area (Å²) >= 11 is 0. The van der Waals surface area contributed by atoms with Gasteiger partial charge in [-0.3, -0.25) is 10.1 Å². The van der Waals surface area contributed by atoms with Crippen molar-refractivity contribution in [3.05, 3.63) is 71.4 Å². The van der Waals surface area contributed by atoms with Crippen molar-refractivity contribution in [2.45, 2.75) is 13.8 Å². The van der Waals surface area contributed by atoms with Crippen LogP contribution in [0.1, 0.15) is 21.5 Å². The van der Waals surface area contributed by atoms with E-state index >= 15 is 0 Å². The molecule has 0 aliphatic rings. The maximum Gasteiger partial charge on any atom is 0.342 e. The highest BCUT2D eigenvalue weighted by Gasteiger charge is 2.22. The molecule has 3 rings (SSSR count). The second kappa shape index (κ2) is 11.1. The van der Waals surface area contributed by atoms with Crippen LogP contribution < -0.4 is 10.6 Å². The minimum atomic E-state index is -0.748. The fourth-order valence-corrected chi connectivity index (χ4v) is 3.20. The first-order valence-electron chi connectivity index (χ1n) is 10.4. The average Bonchev–Trinajstić information content (AvgIpc) is 3.23. The highest BCUT2D eigenvalue weighted by Crippen LogP contribution is 2.28. The third-order valence-corrected chi connectivity index (χ3v) is 4.77. The Balaban J connectivity index is 1.79. The van der Waals surface area contributed by atoms with Gasteiger partial charge in [0.25, 0.3) is 5.91 Å². The first-order valence-corrected chi connectivity index (χ1v) is 10.4. The topological polar surface area (TPSA) is 112 Å². The zero-order chi connectivity index (χ0) is 23.8. The molecule has 2 N–H and O–H groups in total. The van der Waals surface area contributed by atoms with E-state index in [1.807, 2.05) is 62.4 Å². The van der Waals surface area contributed by atoms with E-state index in [-0.39, 0.29) is 12.1 Å². The van der Waals surface area contributed by atoms with Crippen LogP contribution in [0.25, 0.3) is 16.9 Å². The van der Waals surface area contributed by atoms with Gasteiger partial charge in [-0.1, -0.05) is 42.0 Å². The predicted octanol–water partition coefficient (Wildman–Crippen LogP) is 2.79. The minimum Gasteiger partial charge on any atom is -0.452 e. The van der Waals surface area contributed by atoms with Gasteiger partial charge in [0, 0.05) is 25.4 Å². The van der Waals surface area contributed by atoms with Gasteiger partial charge in [-0.15, -0.1) is 0 Å². The van der Waals surface area contributed by atoms with Crippen LogP contribution in [-0.4, -0.2) is 54.6 Å². The lowest BCUT2D eigenvalue weighted by Crippen LogP contribution is -2.42. The molecule has 0 spiro atoms. The Morgan fingerprint density at radius 3 is 2.52 bits per heavy atom. The van der Waals surface area contributed by atoms with Crippen molar-refractivity contribution in [1.82, 2.24) is 20.4 Å². The number of benzene rings is 2. The van der Waals surface area contributed by atoms with Crippen molar-refractivity contribution < 1.29 is 23.9 Å². The van der Waals surface area contributed by atoms with Crippen molar-refractivity contribution in [2.24, 2.45) is 0 Å². The number of urea groups is 1. The summed E-state index contributed by atoms with van der Waals surface area (Å²) in [5, 5.41) is 9.16. The van der Waals surface area contributed by atoms with Crippen LogP contribution in [0.4, 0.5) is 4.79 Å². The molecule has 172 valence electrons. The number of hydrogen-bond acceptors (Lipinski definition) is 6. The number of hydrogen-bond donors (Lipinski definition) is 2. The average molecular weight is 450 g/mol. The Bertz CT molecular complexity index is 1140. The fraction of sp³-hybridized carbons (Fsp3) is 0.250. The van der Waals surface area contributed by atoms with Crippen molar-refractivity contribution in [3.8, 4) is 16.9 Å². The molecule has 0 aliphatic heterocycles. The predicted molar refractivity (Wildman–Crippen MR) is 122 cm³/mol. The van der Waals surface area contributed by atoms with Gasteiger partial charge >= 0.3 is 12.0 Å². The molecule has 1 heterocycles. The van der Waals surface area contributed by atoms with Crippen LogP contribution in [0.15, 0.2) is 54.7 Å². The van der Waals surface area contributed by atoms with Gasteiger partial charge in [-0.2, -0.15) is 5.10 Å². The van der Waals surface area contributed by atoms with Gasteiger partial charge in [-0.05, 0) is 31.5 Å². The number of imide groups is 1. The fourth-order valence-electron chi connectivity index (χ4n) is 3.20. The van der Waals surface area contributed by atoms with E-state index in [9.17, 15) is 14.4 Å². The van der Waals surface area contributed by atoms with Crippen LogP contribution in [0.3, 0.4) is 0 Å². The van der Waals surface area contributed by atoms with Gasteiger partial charge in [0.1, 0.15) is 11.3 Å². The number of nitrogens with one attached hydrogen (secondary N) is 2. The van der Waals surface area contributed by atoms with Gasteiger partial charge in [-0.25, -0.2) is 14.3 Å². The molecular weight excluding hydrogens is 424 g/mol. The number of nitrogens with zero attached hydrogens (tertiary/aromatic N) is 2. The van der Waals surface area contributed by atoms with Crippen molar-refractivity contribution in [3.63, 3.8) is 0 Å². The molecule has 0 radical (unpaired) electrons. The Kier molecular flexibility index (Phi) is 7.93. The standard InChI is InChI=1S/C24H26N4O5/c1-16-9-10-19(17(2)13-16)22-20(14-28(27-22)18-7-5-4-6-8-18)23(30)33-15-21(29)26-24(31)25-11-12-32-3/h4-10,13-14H,11-12,15H2,1-3H3,(H2,25,26,29,31). The van der Waals surface area contributed by atoms with Crippen molar-refractivity contribution in [1.29, 1.82) is 0 Å². The van der Waals surface area contributed by atoms with E-state index in [0.717, 1.165) is 22.4 Å². The number of rotatable bonds is 8. The molecular formula is C24H26N4O5. The Morgan fingerprint density at radius 1 is 1.06 bits per heavy atom. The first-order chi connectivity index (χ1) is 15.9. The van der Waals surface area contributed by atoms with Crippen LogP contribution in [0.2, 0.25) is 0 Å². The molecule has 0 bridgehead atoms. The van der Waals surface area contributed by atoms with Crippen LogP contribution in [0, 0.1) is 13.8 Å². The number of esters is 1. The zero-order valence-electron chi connectivity index (χ0n) is 18.8. The SMILES string of the molecule is COCCNC(=O)NC(=O)COC(=O)c1cn(-c2ccccc2)nc1-c1ccc(C)cc1C. The molecule has 0 fully saturated rings. The number of ether oxygens (including phenoxy) is 2. The third-order valence-electron chi connectivity index (χ3n) is 4.77.